The van der Waals surface area contributed by atoms with Gasteiger partial charge in [-0.25, -0.2) is 0 Å². The lowest BCUT2D eigenvalue weighted by Gasteiger charge is -2.29. The van der Waals surface area contributed by atoms with Crippen LogP contribution in [0.4, 0.5) is 0 Å². The molecule has 16 aromatic rings. The molecule has 0 unspecified atom stereocenters. The van der Waals surface area contributed by atoms with E-state index in [0.29, 0.717) is 5.56 Å². The van der Waals surface area contributed by atoms with Crippen LogP contribution in [0.25, 0.3) is 143 Å². The highest BCUT2D eigenvalue weighted by Gasteiger charge is 2.35. The molecule has 0 bridgehead atoms. The number of rotatable bonds is 7. The van der Waals surface area contributed by atoms with Crippen LogP contribution in [0.15, 0.2) is 273 Å². The summed E-state index contributed by atoms with van der Waals surface area (Å²) in [5.41, 5.74) is 18.4. The third-order valence-electron chi connectivity index (χ3n) is 16.2. The zero-order valence-corrected chi connectivity index (χ0v) is 42.2. The Morgan fingerprint density at radius 2 is 0.474 bits per heavy atom. The highest BCUT2D eigenvalue weighted by Crippen LogP contribution is 2.52. The van der Waals surface area contributed by atoms with Crippen molar-refractivity contribution in [2.45, 2.75) is 0 Å². The van der Waals surface area contributed by atoms with Gasteiger partial charge in [0.2, 0.25) is 0 Å². The predicted octanol–water partition coefficient (Wildman–Crippen LogP) is 18.9. The van der Waals surface area contributed by atoms with Crippen LogP contribution < -0.4 is 0 Å². The Morgan fingerprint density at radius 1 is 0.218 bits per heavy atom. The molecule has 0 fully saturated rings. The van der Waals surface area contributed by atoms with Crippen LogP contribution in [-0.2, 0) is 0 Å². The van der Waals surface area contributed by atoms with Gasteiger partial charge < -0.3 is 18.3 Å². The number of para-hydroxylation sites is 6. The summed E-state index contributed by atoms with van der Waals surface area (Å²) in [5, 5.41) is 21.9. The van der Waals surface area contributed by atoms with Crippen LogP contribution in [-0.4, -0.2) is 18.3 Å². The number of fused-ring (bicyclic) bond motifs is 12. The van der Waals surface area contributed by atoms with E-state index in [1.54, 1.807) is 0 Å². The van der Waals surface area contributed by atoms with E-state index in [9.17, 15) is 5.26 Å². The second-order valence-corrected chi connectivity index (χ2v) is 20.3. The van der Waals surface area contributed by atoms with Crippen molar-refractivity contribution >= 4 is 87.2 Å². The maximum absolute atomic E-state index is 13.0. The molecule has 0 amide bonds. The van der Waals surface area contributed by atoms with Gasteiger partial charge in [0, 0.05) is 48.7 Å². The Balaban J connectivity index is 1.25. The summed E-state index contributed by atoms with van der Waals surface area (Å²) < 4.78 is 9.77. The van der Waals surface area contributed by atoms with E-state index >= 15 is 0 Å². The van der Waals surface area contributed by atoms with Crippen LogP contribution >= 0.6 is 0 Å². The number of nitriles is 1. The predicted molar refractivity (Wildman–Crippen MR) is 325 cm³/mol. The Bertz CT molecular complexity index is 4890. The molecule has 0 N–H and O–H groups in total. The molecule has 5 nitrogen and oxygen atoms in total. The molecule has 0 aliphatic heterocycles. The average Bonchev–Trinajstić information content (AvgIpc) is 4.39. The Morgan fingerprint density at radius 3 is 0.795 bits per heavy atom. The van der Waals surface area contributed by atoms with Crippen LogP contribution in [0, 0.1) is 11.3 Å². The lowest BCUT2D eigenvalue weighted by molar-refractivity contribution is 1.04. The van der Waals surface area contributed by atoms with Gasteiger partial charge >= 0.3 is 0 Å². The third kappa shape index (κ3) is 6.29. The first kappa shape index (κ1) is 43.7. The van der Waals surface area contributed by atoms with Gasteiger partial charge in [-0.05, 0) is 76.3 Å². The van der Waals surface area contributed by atoms with E-state index in [4.69, 9.17) is 0 Å². The first-order valence-corrected chi connectivity index (χ1v) is 26.6. The molecule has 0 aliphatic rings. The minimum atomic E-state index is 0.531. The molecule has 0 saturated carbocycles. The zero-order chi connectivity index (χ0) is 51.4. The summed E-state index contributed by atoms with van der Waals surface area (Å²) in [6, 6.07) is 101. The van der Waals surface area contributed by atoms with Crippen molar-refractivity contribution in [3.05, 3.63) is 279 Å². The number of nitrogens with zero attached hydrogens (tertiary/aromatic N) is 5. The second kappa shape index (κ2) is 17.2. The molecule has 4 heterocycles. The summed E-state index contributed by atoms with van der Waals surface area (Å²) in [4.78, 5) is 0. The summed E-state index contributed by atoms with van der Waals surface area (Å²) in [7, 11) is 0. The molecule has 78 heavy (non-hydrogen) atoms. The Kier molecular flexibility index (Phi) is 9.63. The topological polar surface area (TPSA) is 43.5 Å². The quantitative estimate of drug-likeness (QED) is 0.157. The third-order valence-corrected chi connectivity index (χ3v) is 16.2. The Labute approximate surface area is 449 Å². The zero-order valence-electron chi connectivity index (χ0n) is 42.2. The smallest absolute Gasteiger partial charge is 0.104 e. The number of hydrogen-bond acceptors (Lipinski definition) is 1. The average molecular weight is 992 g/mol. The first-order valence-electron chi connectivity index (χ1n) is 26.6. The molecule has 16 rings (SSSR count). The van der Waals surface area contributed by atoms with E-state index < -0.39 is 0 Å². The van der Waals surface area contributed by atoms with Gasteiger partial charge in [0.25, 0.3) is 0 Å². The minimum Gasteiger partial charge on any atom is -0.306 e. The fourth-order valence-electron chi connectivity index (χ4n) is 12.9. The maximum Gasteiger partial charge on any atom is 0.104 e. The van der Waals surface area contributed by atoms with Gasteiger partial charge in [-0.15, -0.1) is 0 Å². The van der Waals surface area contributed by atoms with Crippen LogP contribution in [0.3, 0.4) is 0 Å². The molecule has 5 heteroatoms. The highest BCUT2D eigenvalue weighted by molar-refractivity contribution is 6.17. The van der Waals surface area contributed by atoms with Gasteiger partial charge in [0.15, 0.2) is 0 Å². The summed E-state index contributed by atoms with van der Waals surface area (Å²) in [6.45, 7) is 0. The van der Waals surface area contributed by atoms with Crippen molar-refractivity contribution in [3.8, 4) is 62.2 Å². The lowest BCUT2D eigenvalue weighted by Crippen LogP contribution is -2.16. The molecule has 362 valence electrons. The summed E-state index contributed by atoms with van der Waals surface area (Å²) in [6.07, 6.45) is 0. The summed E-state index contributed by atoms with van der Waals surface area (Å²) in [5.74, 6) is 0. The van der Waals surface area contributed by atoms with E-state index in [0.717, 1.165) is 143 Å². The van der Waals surface area contributed by atoms with Crippen molar-refractivity contribution < 1.29 is 0 Å². The minimum absolute atomic E-state index is 0.531. The largest absolute Gasteiger partial charge is 0.306 e. The second-order valence-electron chi connectivity index (χ2n) is 20.3. The molecular formula is C73H45N5. The highest BCUT2D eigenvalue weighted by atomic mass is 15.1. The van der Waals surface area contributed by atoms with Gasteiger partial charge in [-0.1, -0.05) is 224 Å². The van der Waals surface area contributed by atoms with Gasteiger partial charge in [-0.3, -0.25) is 0 Å². The normalized spacial score (nSPS) is 11.8. The number of hydrogen-bond donors (Lipinski definition) is 0. The van der Waals surface area contributed by atoms with Gasteiger partial charge in [0.05, 0.1) is 66.9 Å². The van der Waals surface area contributed by atoms with Gasteiger partial charge in [0.1, 0.15) is 11.6 Å². The van der Waals surface area contributed by atoms with E-state index in [1.807, 2.05) is 0 Å². The van der Waals surface area contributed by atoms with Crippen LogP contribution in [0.1, 0.15) is 5.56 Å². The fraction of sp³-hybridized carbons (Fsp3) is 0. The van der Waals surface area contributed by atoms with Crippen molar-refractivity contribution in [2.75, 3.05) is 0 Å². The molecule has 0 atom stereocenters. The first-order chi connectivity index (χ1) is 38.7. The summed E-state index contributed by atoms with van der Waals surface area (Å²) >= 11 is 0. The molecule has 4 aromatic heterocycles. The van der Waals surface area contributed by atoms with Crippen molar-refractivity contribution in [1.29, 1.82) is 5.26 Å². The van der Waals surface area contributed by atoms with Gasteiger partial charge in [-0.2, -0.15) is 5.26 Å². The number of aromatic nitrogens is 4. The monoisotopic (exact) mass is 991 g/mol. The maximum atomic E-state index is 13.0. The molecule has 0 aliphatic carbocycles. The van der Waals surface area contributed by atoms with Crippen molar-refractivity contribution in [3.63, 3.8) is 0 Å². The van der Waals surface area contributed by atoms with Crippen molar-refractivity contribution in [1.82, 2.24) is 18.3 Å². The molecule has 0 radical (unpaired) electrons. The molecule has 12 aromatic carbocycles. The van der Waals surface area contributed by atoms with Crippen LogP contribution in [0.2, 0.25) is 0 Å². The number of benzene rings is 12. The molecule has 0 saturated heterocycles. The Hall–Kier alpha value is -10.7. The standard InChI is InChI=1S/C73H45N5/c74-46-60-70(75-61-34-16-10-28-52(61)53-29-11-17-35-62(53)75)72(76-63-36-18-12-30-54(63)55-31-13-19-37-64(55)76)69(49-26-8-3-9-27-49)73(77-65-38-20-14-32-56(65)57-33-15-21-39-66(57)77)71(60)78-67-44-50(47-22-4-1-5-23-47)40-42-58(67)59-43-41-51(45-68(59)78)48-24-6-2-7-25-48/h1-45H. The van der Waals surface area contributed by atoms with E-state index in [1.165, 1.54) is 0 Å². The van der Waals surface area contributed by atoms with Crippen LogP contribution in [0.5, 0.6) is 0 Å². The van der Waals surface area contributed by atoms with E-state index in [-0.39, 0.29) is 0 Å². The molecule has 0 spiro atoms. The van der Waals surface area contributed by atoms with E-state index in [2.05, 4.69) is 297 Å². The lowest BCUT2D eigenvalue weighted by atomic mass is 9.93. The SMILES string of the molecule is N#Cc1c(-n2c3ccccc3c3ccccc32)c(-n2c3ccccc3c3ccccc32)c(-c2ccccc2)c(-n2c3ccccc3c3ccccc32)c1-n1c2cc(-c3ccccc3)ccc2c2ccc(-c3ccccc3)cc21. The van der Waals surface area contributed by atoms with Crippen molar-refractivity contribution in [2.24, 2.45) is 0 Å². The fourth-order valence-corrected chi connectivity index (χ4v) is 12.9. The molecular weight excluding hydrogens is 947 g/mol.